The maximum Gasteiger partial charge on any atom is 0.244 e. The molecule has 10 heteroatoms. The summed E-state index contributed by atoms with van der Waals surface area (Å²) in [5.74, 6) is -0.230. The van der Waals surface area contributed by atoms with Crippen LogP contribution in [0.3, 0.4) is 0 Å². The highest BCUT2D eigenvalue weighted by molar-refractivity contribution is 7.92. The second kappa shape index (κ2) is 11.9. The molecule has 2 aromatic rings. The van der Waals surface area contributed by atoms with Gasteiger partial charge in [-0.25, -0.2) is 8.42 Å². The maximum atomic E-state index is 13.5. The Bertz CT molecular complexity index is 1040. The fraction of sp³-hybridized carbons (Fsp3) is 0.391. The van der Waals surface area contributed by atoms with Gasteiger partial charge in [0.05, 0.1) is 19.1 Å². The zero-order chi connectivity index (χ0) is 24.6. The number of likely N-dealkylation sites (N-methyl/N-ethyl adjacent to an activating group) is 1. The predicted molar refractivity (Wildman–Crippen MR) is 130 cm³/mol. The van der Waals surface area contributed by atoms with Gasteiger partial charge >= 0.3 is 0 Å². The van der Waals surface area contributed by atoms with Crippen molar-refractivity contribution in [3.63, 3.8) is 0 Å². The van der Waals surface area contributed by atoms with E-state index < -0.39 is 28.5 Å². The monoisotopic (exact) mass is 495 g/mol. The molecule has 2 aromatic carbocycles. The van der Waals surface area contributed by atoms with Gasteiger partial charge in [-0.2, -0.15) is 0 Å². The molecule has 0 spiro atoms. The molecule has 0 aliphatic carbocycles. The number of anilines is 1. The molecule has 2 rings (SSSR count). The summed E-state index contributed by atoms with van der Waals surface area (Å²) in [7, 11) is -2.27. The van der Waals surface area contributed by atoms with Crippen molar-refractivity contribution in [2.45, 2.75) is 32.9 Å². The third kappa shape index (κ3) is 7.36. The van der Waals surface area contributed by atoms with E-state index in [9.17, 15) is 18.0 Å². The van der Waals surface area contributed by atoms with Crippen molar-refractivity contribution in [2.75, 3.05) is 30.8 Å². The second-order valence-corrected chi connectivity index (χ2v) is 9.78. The van der Waals surface area contributed by atoms with Crippen molar-refractivity contribution in [3.8, 4) is 5.75 Å². The summed E-state index contributed by atoms with van der Waals surface area (Å²) >= 11 is 5.97. The van der Waals surface area contributed by atoms with Crippen molar-refractivity contribution in [1.82, 2.24) is 10.2 Å². The van der Waals surface area contributed by atoms with Crippen molar-refractivity contribution >= 4 is 39.1 Å². The first-order chi connectivity index (χ1) is 15.6. The number of nitrogens with one attached hydrogen (secondary N) is 1. The SMILES string of the molecule is CCNC(=O)[C@@H](CC)N(Cc1ccc(Cl)cc1)C(=O)CN(c1ccc(OC)cc1)S(C)(=O)=O. The van der Waals surface area contributed by atoms with Gasteiger partial charge in [0.15, 0.2) is 0 Å². The maximum absolute atomic E-state index is 13.5. The average molecular weight is 496 g/mol. The number of ether oxygens (including phenoxy) is 1. The number of carbonyl (C=O) groups excluding carboxylic acids is 2. The fourth-order valence-electron chi connectivity index (χ4n) is 3.36. The van der Waals surface area contributed by atoms with E-state index in [1.165, 1.54) is 12.0 Å². The lowest BCUT2D eigenvalue weighted by Crippen LogP contribution is -2.52. The summed E-state index contributed by atoms with van der Waals surface area (Å²) in [6.45, 7) is 3.70. The predicted octanol–water partition coefficient (Wildman–Crippen LogP) is 3.06. The van der Waals surface area contributed by atoms with E-state index in [0.29, 0.717) is 29.4 Å². The van der Waals surface area contributed by atoms with Crippen molar-refractivity contribution in [3.05, 3.63) is 59.1 Å². The summed E-state index contributed by atoms with van der Waals surface area (Å²) in [5, 5.41) is 3.31. The number of sulfonamides is 1. The van der Waals surface area contributed by atoms with Gasteiger partial charge in [0, 0.05) is 18.1 Å². The minimum atomic E-state index is -3.78. The van der Waals surface area contributed by atoms with Gasteiger partial charge in [0.25, 0.3) is 0 Å². The van der Waals surface area contributed by atoms with E-state index in [4.69, 9.17) is 16.3 Å². The second-order valence-electron chi connectivity index (χ2n) is 7.43. The Hall–Kier alpha value is -2.78. The summed E-state index contributed by atoms with van der Waals surface area (Å²) in [5.41, 5.74) is 1.09. The number of nitrogens with zero attached hydrogens (tertiary/aromatic N) is 2. The highest BCUT2D eigenvalue weighted by Crippen LogP contribution is 2.23. The van der Waals surface area contributed by atoms with Crippen LogP contribution in [0.15, 0.2) is 48.5 Å². The topological polar surface area (TPSA) is 96.0 Å². The van der Waals surface area contributed by atoms with Crippen LogP contribution < -0.4 is 14.4 Å². The third-order valence-corrected chi connectivity index (χ3v) is 6.44. The van der Waals surface area contributed by atoms with Crippen LogP contribution in [-0.4, -0.2) is 57.6 Å². The fourth-order valence-corrected chi connectivity index (χ4v) is 4.34. The van der Waals surface area contributed by atoms with E-state index in [0.717, 1.165) is 16.1 Å². The minimum Gasteiger partial charge on any atom is -0.497 e. The molecule has 0 aromatic heterocycles. The lowest BCUT2D eigenvalue weighted by molar-refractivity contribution is -0.140. The van der Waals surface area contributed by atoms with Crippen LogP contribution in [0.25, 0.3) is 0 Å². The number of hydrogen-bond donors (Lipinski definition) is 1. The Morgan fingerprint density at radius 3 is 2.15 bits per heavy atom. The summed E-state index contributed by atoms with van der Waals surface area (Å²) in [6.07, 6.45) is 1.40. The van der Waals surface area contributed by atoms with E-state index in [2.05, 4.69) is 5.32 Å². The van der Waals surface area contributed by atoms with Gasteiger partial charge in [-0.05, 0) is 55.3 Å². The Balaban J connectivity index is 2.40. The van der Waals surface area contributed by atoms with E-state index in [-0.39, 0.29) is 12.5 Å². The van der Waals surface area contributed by atoms with Gasteiger partial charge in [-0.3, -0.25) is 13.9 Å². The molecule has 0 saturated heterocycles. The van der Waals surface area contributed by atoms with Crippen LogP contribution >= 0.6 is 11.6 Å². The molecule has 0 bridgehead atoms. The Kier molecular flexibility index (Phi) is 9.55. The van der Waals surface area contributed by atoms with Gasteiger partial charge in [-0.15, -0.1) is 0 Å². The highest BCUT2D eigenvalue weighted by Gasteiger charge is 2.31. The summed E-state index contributed by atoms with van der Waals surface area (Å²) in [6, 6.07) is 12.6. The van der Waals surface area contributed by atoms with Crippen LogP contribution in [0.4, 0.5) is 5.69 Å². The number of amides is 2. The van der Waals surface area contributed by atoms with Crippen LogP contribution in [0.1, 0.15) is 25.8 Å². The third-order valence-electron chi connectivity index (χ3n) is 5.04. The number of halogens is 1. The summed E-state index contributed by atoms with van der Waals surface area (Å²) in [4.78, 5) is 27.6. The highest BCUT2D eigenvalue weighted by atomic mass is 35.5. The molecule has 0 aliphatic rings. The van der Waals surface area contributed by atoms with Gasteiger partial charge < -0.3 is 15.0 Å². The van der Waals surface area contributed by atoms with Crippen molar-refractivity contribution < 1.29 is 22.7 Å². The first kappa shape index (κ1) is 26.5. The lowest BCUT2D eigenvalue weighted by atomic mass is 10.1. The number of methoxy groups -OCH3 is 1. The molecular formula is C23H30ClN3O5S. The van der Waals surface area contributed by atoms with E-state index in [1.807, 2.05) is 0 Å². The number of rotatable bonds is 11. The zero-order valence-electron chi connectivity index (χ0n) is 19.2. The average Bonchev–Trinajstić information content (AvgIpc) is 2.78. The number of carbonyl (C=O) groups is 2. The number of hydrogen-bond acceptors (Lipinski definition) is 5. The van der Waals surface area contributed by atoms with Crippen LogP contribution in [0, 0.1) is 0 Å². The van der Waals surface area contributed by atoms with Crippen LogP contribution in [0.2, 0.25) is 5.02 Å². The van der Waals surface area contributed by atoms with Gasteiger partial charge in [-0.1, -0.05) is 30.7 Å². The smallest absolute Gasteiger partial charge is 0.244 e. The molecule has 0 unspecified atom stereocenters. The normalized spacial score (nSPS) is 12.0. The molecule has 0 fully saturated rings. The molecule has 1 N–H and O–H groups in total. The van der Waals surface area contributed by atoms with Crippen molar-refractivity contribution in [2.24, 2.45) is 0 Å². The van der Waals surface area contributed by atoms with Crippen molar-refractivity contribution in [1.29, 1.82) is 0 Å². The molecule has 33 heavy (non-hydrogen) atoms. The molecule has 8 nitrogen and oxygen atoms in total. The number of benzene rings is 2. The first-order valence-corrected chi connectivity index (χ1v) is 12.8. The minimum absolute atomic E-state index is 0.131. The Morgan fingerprint density at radius 1 is 1.06 bits per heavy atom. The standard InChI is InChI=1S/C23H30ClN3O5S/c1-5-21(23(29)25-6-2)26(15-17-7-9-18(24)10-8-17)22(28)16-27(33(4,30)31)19-11-13-20(32-3)14-12-19/h7-14,21H,5-6,15-16H2,1-4H3,(H,25,29)/t21-/m1/s1. The Labute approximate surface area is 200 Å². The lowest BCUT2D eigenvalue weighted by Gasteiger charge is -2.32. The summed E-state index contributed by atoms with van der Waals surface area (Å²) < 4.78 is 31.2. The molecule has 0 aliphatic heterocycles. The van der Waals surface area contributed by atoms with Gasteiger partial charge in [0.1, 0.15) is 18.3 Å². The Morgan fingerprint density at radius 2 is 1.67 bits per heavy atom. The largest absolute Gasteiger partial charge is 0.497 e. The van der Waals surface area contributed by atoms with Crippen LogP contribution in [0.5, 0.6) is 5.75 Å². The first-order valence-electron chi connectivity index (χ1n) is 10.5. The zero-order valence-corrected chi connectivity index (χ0v) is 20.8. The molecule has 0 radical (unpaired) electrons. The van der Waals surface area contributed by atoms with Crippen LogP contribution in [-0.2, 0) is 26.2 Å². The quantitative estimate of drug-likeness (QED) is 0.517. The molecule has 0 heterocycles. The molecule has 180 valence electrons. The molecular weight excluding hydrogens is 466 g/mol. The van der Waals surface area contributed by atoms with E-state index in [1.54, 1.807) is 62.4 Å². The van der Waals surface area contributed by atoms with E-state index >= 15 is 0 Å². The molecule has 1 atom stereocenters. The van der Waals surface area contributed by atoms with Gasteiger partial charge in [0.2, 0.25) is 21.8 Å². The molecule has 2 amide bonds. The molecule has 0 saturated carbocycles.